The molecule has 0 aliphatic carbocycles. The summed E-state index contributed by atoms with van der Waals surface area (Å²) in [5.41, 5.74) is -0.782. The number of rotatable bonds is 3. The second kappa shape index (κ2) is 7.84. The van der Waals surface area contributed by atoms with Gasteiger partial charge in [-0.05, 0) is 18.2 Å². The average molecular weight is 377 g/mol. The summed E-state index contributed by atoms with van der Waals surface area (Å²) in [5, 5.41) is 28.7. The van der Waals surface area contributed by atoms with E-state index in [0.29, 0.717) is 0 Å². The van der Waals surface area contributed by atoms with Gasteiger partial charge in [0.05, 0.1) is 15.2 Å². The summed E-state index contributed by atoms with van der Waals surface area (Å²) in [6.45, 7) is 0. The van der Waals surface area contributed by atoms with E-state index < -0.39 is 28.4 Å². The van der Waals surface area contributed by atoms with Gasteiger partial charge in [-0.2, -0.15) is 0 Å². The van der Waals surface area contributed by atoms with Crippen LogP contribution in [-0.2, 0) is 4.57 Å². The van der Waals surface area contributed by atoms with Crippen molar-refractivity contribution in [1.82, 2.24) is 0 Å². The van der Waals surface area contributed by atoms with E-state index >= 15 is 0 Å². The molecule has 0 bridgehead atoms. The summed E-state index contributed by atoms with van der Waals surface area (Å²) < 4.78 is 10.7. The Bertz CT molecular complexity index is 822. The third-order valence-corrected chi connectivity index (χ3v) is 3.81. The van der Waals surface area contributed by atoms with E-state index in [1.807, 2.05) is 0 Å². The number of para-hydroxylation sites is 2. The molecule has 0 spiro atoms. The average Bonchev–Trinajstić information content (AvgIpc) is 2.47. The minimum Gasteiger partial charge on any atom is -0.502 e. The number of halogens is 1. The monoisotopic (exact) mass is 376 g/mol. The maximum Gasteiger partial charge on any atom is 0.356 e. The number of nitro benzene ring substituents is 2. The first-order chi connectivity index (χ1) is 11.0. The van der Waals surface area contributed by atoms with Gasteiger partial charge >= 0.3 is 13.3 Å². The summed E-state index contributed by atoms with van der Waals surface area (Å²) in [6.07, 6.45) is 0. The SMILES string of the molecule is O=[N+]([O-])c1cc(P(=O)(O)O)ccc1Cl.O=[N+]([O-])c1ccccc1O. The Morgan fingerprint density at radius 3 is 1.92 bits per heavy atom. The zero-order chi connectivity index (χ0) is 18.5. The predicted molar refractivity (Wildman–Crippen MR) is 84.5 cm³/mol. The number of benzene rings is 2. The Labute approximate surface area is 139 Å². The van der Waals surface area contributed by atoms with E-state index in [2.05, 4.69) is 0 Å². The first kappa shape index (κ1) is 19.5. The van der Waals surface area contributed by atoms with E-state index in [1.54, 1.807) is 0 Å². The number of hydrogen-bond donors (Lipinski definition) is 3. The fraction of sp³-hybridized carbons (Fsp3) is 0. The normalized spacial score (nSPS) is 10.5. The van der Waals surface area contributed by atoms with E-state index in [4.69, 9.17) is 26.5 Å². The van der Waals surface area contributed by atoms with Crippen molar-refractivity contribution in [3.05, 3.63) is 67.7 Å². The second-order valence-electron chi connectivity index (χ2n) is 4.18. The highest BCUT2D eigenvalue weighted by Gasteiger charge is 2.22. The topological polar surface area (TPSA) is 164 Å². The summed E-state index contributed by atoms with van der Waals surface area (Å²) in [4.78, 5) is 36.5. The molecule has 2 rings (SSSR count). The van der Waals surface area contributed by atoms with Gasteiger partial charge in [-0.1, -0.05) is 23.7 Å². The third-order valence-electron chi connectivity index (χ3n) is 2.54. The molecule has 12 heteroatoms. The first-order valence-electron chi connectivity index (χ1n) is 5.96. The lowest BCUT2D eigenvalue weighted by Gasteiger charge is -2.03. The van der Waals surface area contributed by atoms with Gasteiger partial charge in [0, 0.05) is 12.1 Å². The maximum atomic E-state index is 10.7. The summed E-state index contributed by atoms with van der Waals surface area (Å²) >= 11 is 5.45. The minimum atomic E-state index is -4.47. The fourth-order valence-corrected chi connectivity index (χ4v) is 2.19. The standard InChI is InChI=1S/C6H5ClNO5P.C6H5NO3/c7-5-2-1-4(14(11,12)13)3-6(5)8(9)10;8-6-4-2-1-3-5(6)7(9)10/h1-3H,(H2,11,12,13);1-4,8H. The van der Waals surface area contributed by atoms with Gasteiger partial charge in [-0.25, -0.2) is 0 Å². The number of nitro groups is 2. The van der Waals surface area contributed by atoms with E-state index in [-0.39, 0.29) is 16.5 Å². The molecule has 0 aliphatic rings. The van der Waals surface area contributed by atoms with Crippen LogP contribution in [0.25, 0.3) is 0 Å². The molecule has 10 nitrogen and oxygen atoms in total. The molecule has 0 heterocycles. The zero-order valence-corrected chi connectivity index (χ0v) is 13.3. The van der Waals surface area contributed by atoms with Gasteiger partial charge < -0.3 is 14.9 Å². The van der Waals surface area contributed by atoms with Crippen molar-refractivity contribution in [2.75, 3.05) is 0 Å². The van der Waals surface area contributed by atoms with Crippen molar-refractivity contribution in [2.45, 2.75) is 0 Å². The Morgan fingerprint density at radius 2 is 1.50 bits per heavy atom. The first-order valence-corrected chi connectivity index (χ1v) is 7.95. The molecule has 0 radical (unpaired) electrons. The second-order valence-corrected chi connectivity index (χ2v) is 6.19. The molecule has 0 atom stereocenters. The van der Waals surface area contributed by atoms with Crippen LogP contribution in [0.1, 0.15) is 0 Å². The van der Waals surface area contributed by atoms with Crippen molar-refractivity contribution >= 4 is 35.9 Å². The zero-order valence-electron chi connectivity index (χ0n) is 11.6. The molecule has 0 aromatic heterocycles. The Balaban J connectivity index is 0.000000254. The van der Waals surface area contributed by atoms with Gasteiger partial charge in [0.15, 0.2) is 5.75 Å². The molecule has 0 aliphatic heterocycles. The van der Waals surface area contributed by atoms with Crippen molar-refractivity contribution in [3.63, 3.8) is 0 Å². The van der Waals surface area contributed by atoms with Crippen LogP contribution in [0.3, 0.4) is 0 Å². The molecule has 24 heavy (non-hydrogen) atoms. The van der Waals surface area contributed by atoms with Crippen molar-refractivity contribution in [1.29, 1.82) is 0 Å². The van der Waals surface area contributed by atoms with Crippen LogP contribution >= 0.6 is 19.2 Å². The van der Waals surface area contributed by atoms with Crippen LogP contribution in [0.4, 0.5) is 11.4 Å². The van der Waals surface area contributed by atoms with Crippen molar-refractivity contribution < 1.29 is 29.3 Å². The molecule has 0 amide bonds. The maximum absolute atomic E-state index is 10.7. The number of phenols is 1. The number of hydrogen-bond acceptors (Lipinski definition) is 6. The molecular formula is C12H10ClN2O8P. The highest BCUT2D eigenvalue weighted by atomic mass is 35.5. The van der Waals surface area contributed by atoms with Gasteiger partial charge in [0.25, 0.3) is 5.69 Å². The highest BCUT2D eigenvalue weighted by molar-refractivity contribution is 7.60. The molecule has 0 fully saturated rings. The molecule has 0 saturated carbocycles. The van der Waals surface area contributed by atoms with Crippen molar-refractivity contribution in [3.8, 4) is 5.75 Å². The minimum absolute atomic E-state index is 0.160. The Morgan fingerprint density at radius 1 is 0.958 bits per heavy atom. The smallest absolute Gasteiger partial charge is 0.356 e. The lowest BCUT2D eigenvalue weighted by atomic mass is 10.3. The number of phenolic OH excluding ortho intramolecular Hbond substituents is 1. The quantitative estimate of drug-likeness (QED) is 0.417. The molecular weight excluding hydrogens is 367 g/mol. The van der Waals surface area contributed by atoms with Crippen LogP contribution in [0.15, 0.2) is 42.5 Å². The van der Waals surface area contributed by atoms with Crippen molar-refractivity contribution in [2.24, 2.45) is 0 Å². The third kappa shape index (κ3) is 5.28. The summed E-state index contributed by atoms with van der Waals surface area (Å²) in [6, 6.07) is 8.45. The number of nitrogens with zero attached hydrogens (tertiary/aromatic N) is 2. The summed E-state index contributed by atoms with van der Waals surface area (Å²) in [7, 11) is -4.47. The molecule has 0 saturated heterocycles. The largest absolute Gasteiger partial charge is 0.502 e. The van der Waals surface area contributed by atoms with Gasteiger partial charge in [-0.3, -0.25) is 24.8 Å². The predicted octanol–water partition coefficient (Wildman–Crippen LogP) is 2.35. The number of aromatic hydroxyl groups is 1. The molecule has 2 aromatic carbocycles. The van der Waals surface area contributed by atoms with E-state index in [1.165, 1.54) is 24.3 Å². The fourth-order valence-electron chi connectivity index (χ4n) is 1.44. The molecule has 2 aromatic rings. The van der Waals surface area contributed by atoms with Crippen LogP contribution in [0.2, 0.25) is 5.02 Å². The summed E-state index contributed by atoms with van der Waals surface area (Å²) in [5.74, 6) is -0.299. The lowest BCUT2D eigenvalue weighted by Crippen LogP contribution is -2.05. The van der Waals surface area contributed by atoms with Gasteiger partial charge in [0.1, 0.15) is 5.02 Å². The van der Waals surface area contributed by atoms with Gasteiger partial charge in [0.2, 0.25) is 0 Å². The Kier molecular flexibility index (Phi) is 6.38. The van der Waals surface area contributed by atoms with E-state index in [0.717, 1.165) is 18.2 Å². The highest BCUT2D eigenvalue weighted by Crippen LogP contribution is 2.35. The Hall–Kier alpha value is -2.52. The lowest BCUT2D eigenvalue weighted by molar-refractivity contribution is -0.385. The van der Waals surface area contributed by atoms with Gasteiger partial charge in [-0.15, -0.1) is 0 Å². The van der Waals surface area contributed by atoms with Crippen LogP contribution in [-0.4, -0.2) is 24.7 Å². The van der Waals surface area contributed by atoms with Crippen LogP contribution in [0.5, 0.6) is 5.75 Å². The van der Waals surface area contributed by atoms with Crippen LogP contribution < -0.4 is 5.30 Å². The van der Waals surface area contributed by atoms with E-state index in [9.17, 15) is 24.8 Å². The van der Waals surface area contributed by atoms with Crippen LogP contribution in [0, 0.1) is 20.2 Å². The molecule has 128 valence electrons. The molecule has 3 N–H and O–H groups in total. The molecule has 0 unspecified atom stereocenters.